The first-order valence-corrected chi connectivity index (χ1v) is 17.0. The van der Waals surface area contributed by atoms with Crippen LogP contribution in [0.25, 0.3) is 0 Å². The molecule has 1 N–H and O–H groups in total. The lowest BCUT2D eigenvalue weighted by Crippen LogP contribution is -2.52. The van der Waals surface area contributed by atoms with Crippen LogP contribution in [0.5, 0.6) is 5.75 Å². The first-order valence-electron chi connectivity index (χ1n) is 15.1. The number of methoxy groups -OCH3 is 1. The van der Waals surface area contributed by atoms with E-state index in [1.807, 2.05) is 30.3 Å². The summed E-state index contributed by atoms with van der Waals surface area (Å²) < 4.78 is 45.9. The third-order valence-corrected chi connectivity index (χ3v) is 9.17. The van der Waals surface area contributed by atoms with Crippen LogP contribution in [-0.2, 0) is 32.6 Å². The van der Waals surface area contributed by atoms with Gasteiger partial charge in [0.1, 0.15) is 17.6 Å². The zero-order valence-corrected chi connectivity index (χ0v) is 26.3. The van der Waals surface area contributed by atoms with E-state index in [1.165, 1.54) is 23.5 Å². The molecule has 0 heterocycles. The molecule has 10 heteroatoms. The summed E-state index contributed by atoms with van der Waals surface area (Å²) in [7, 11) is -2.21. The van der Waals surface area contributed by atoms with Gasteiger partial charge in [0.05, 0.1) is 19.1 Å². The molecular weight excluding hydrogens is 581 g/mol. The zero-order valence-electron chi connectivity index (χ0n) is 25.5. The van der Waals surface area contributed by atoms with Gasteiger partial charge in [0.2, 0.25) is 21.8 Å². The number of anilines is 1. The predicted molar refractivity (Wildman–Crippen MR) is 170 cm³/mol. The second kappa shape index (κ2) is 15.7. The lowest BCUT2D eigenvalue weighted by atomic mass is 9.94. The van der Waals surface area contributed by atoms with Crippen LogP contribution < -0.4 is 14.4 Å². The van der Waals surface area contributed by atoms with E-state index in [1.54, 1.807) is 41.3 Å². The summed E-state index contributed by atoms with van der Waals surface area (Å²) in [5, 5.41) is 3.20. The summed E-state index contributed by atoms with van der Waals surface area (Å²) in [6.45, 7) is 0.157. The van der Waals surface area contributed by atoms with Gasteiger partial charge in [-0.15, -0.1) is 0 Å². The van der Waals surface area contributed by atoms with Crippen molar-refractivity contribution in [3.05, 3.63) is 95.8 Å². The second-order valence-electron chi connectivity index (χ2n) is 11.3. The molecule has 44 heavy (non-hydrogen) atoms. The van der Waals surface area contributed by atoms with E-state index in [4.69, 9.17) is 4.74 Å². The first-order chi connectivity index (χ1) is 21.2. The van der Waals surface area contributed by atoms with Crippen molar-refractivity contribution in [1.82, 2.24) is 10.2 Å². The molecule has 2 amide bonds. The highest BCUT2D eigenvalue weighted by Crippen LogP contribution is 2.30. The maximum Gasteiger partial charge on any atom is 0.243 e. The van der Waals surface area contributed by atoms with E-state index in [9.17, 15) is 22.4 Å². The lowest BCUT2D eigenvalue weighted by molar-refractivity contribution is -0.141. The van der Waals surface area contributed by atoms with Crippen molar-refractivity contribution in [2.45, 2.75) is 70.0 Å². The zero-order chi connectivity index (χ0) is 31.5. The number of carbonyl (C=O) groups excluding carboxylic acids is 2. The van der Waals surface area contributed by atoms with E-state index >= 15 is 0 Å². The van der Waals surface area contributed by atoms with Gasteiger partial charge in [-0.05, 0) is 54.7 Å². The highest BCUT2D eigenvalue weighted by molar-refractivity contribution is 7.92. The van der Waals surface area contributed by atoms with Gasteiger partial charge in [0.15, 0.2) is 0 Å². The van der Waals surface area contributed by atoms with Crippen LogP contribution in [0.15, 0.2) is 78.9 Å². The van der Waals surface area contributed by atoms with E-state index in [0.29, 0.717) is 23.4 Å². The van der Waals surface area contributed by atoms with Crippen LogP contribution in [0, 0.1) is 5.82 Å². The molecule has 0 bridgehead atoms. The van der Waals surface area contributed by atoms with Crippen molar-refractivity contribution in [2.24, 2.45) is 0 Å². The topological polar surface area (TPSA) is 96.0 Å². The quantitative estimate of drug-likeness (QED) is 0.257. The Kier molecular flexibility index (Phi) is 11.8. The molecule has 1 unspecified atom stereocenters. The summed E-state index contributed by atoms with van der Waals surface area (Å²) in [5.41, 5.74) is 1.99. The number of para-hydroxylation sites is 2. The Morgan fingerprint density at radius 1 is 0.932 bits per heavy atom. The van der Waals surface area contributed by atoms with Crippen molar-refractivity contribution in [1.29, 1.82) is 0 Å². The Bertz CT molecular complexity index is 1480. The number of hydrogen-bond donors (Lipinski definition) is 1. The smallest absolute Gasteiger partial charge is 0.243 e. The average Bonchev–Trinajstić information content (AvgIpc) is 3.02. The predicted octanol–water partition coefficient (Wildman–Crippen LogP) is 5.47. The number of ether oxygens (including phenoxy) is 1. The van der Waals surface area contributed by atoms with Crippen LogP contribution in [0.4, 0.5) is 10.1 Å². The molecule has 0 spiro atoms. The third-order valence-electron chi connectivity index (χ3n) is 7.99. The molecule has 8 nitrogen and oxygen atoms in total. The van der Waals surface area contributed by atoms with Crippen LogP contribution in [0.1, 0.15) is 56.1 Å². The fourth-order valence-corrected chi connectivity index (χ4v) is 6.67. The highest BCUT2D eigenvalue weighted by atomic mass is 32.2. The first kappa shape index (κ1) is 33.0. The van der Waals surface area contributed by atoms with Gasteiger partial charge < -0.3 is 15.0 Å². The molecule has 4 rings (SSSR count). The molecule has 1 aliphatic rings. The summed E-state index contributed by atoms with van der Waals surface area (Å²) in [4.78, 5) is 29.5. The number of nitrogens with zero attached hydrogens (tertiary/aromatic N) is 2. The van der Waals surface area contributed by atoms with E-state index in [-0.39, 0.29) is 49.6 Å². The monoisotopic (exact) mass is 623 g/mol. The van der Waals surface area contributed by atoms with Gasteiger partial charge in [-0.1, -0.05) is 73.9 Å². The summed E-state index contributed by atoms with van der Waals surface area (Å²) in [6, 6.07) is 21.5. The maximum absolute atomic E-state index is 14.0. The standard InChI is InChI=1S/C34H42FN3O5S/c1-43-32-17-10-9-16-30(32)38(44(2,41)42)23-11-18-33(39)37(25-27-19-21-28(35)22-20-27)31(24-26-12-5-3-6-13-26)34(40)36-29-14-7-4-8-15-29/h3,5-6,9-10,12-13,16-17,19-22,29,31H,4,7-8,11,14-15,18,23-25H2,1-2H3,(H,36,40). The average molecular weight is 624 g/mol. The summed E-state index contributed by atoms with van der Waals surface area (Å²) in [6.07, 6.45) is 6.70. The van der Waals surface area contributed by atoms with Crippen LogP contribution >= 0.6 is 0 Å². The molecular formula is C34H42FN3O5S. The van der Waals surface area contributed by atoms with Gasteiger partial charge in [0.25, 0.3) is 0 Å². The van der Waals surface area contributed by atoms with E-state index in [2.05, 4.69) is 5.32 Å². The number of amides is 2. The Labute approximate surface area is 260 Å². The number of benzene rings is 3. The molecule has 1 atom stereocenters. The fraction of sp³-hybridized carbons (Fsp3) is 0.412. The minimum atomic E-state index is -3.68. The van der Waals surface area contributed by atoms with Crippen molar-refractivity contribution >= 4 is 27.5 Å². The Morgan fingerprint density at radius 2 is 1.59 bits per heavy atom. The van der Waals surface area contributed by atoms with Crippen molar-refractivity contribution in [3.8, 4) is 5.75 Å². The molecule has 1 fully saturated rings. The van der Waals surface area contributed by atoms with E-state index in [0.717, 1.165) is 43.9 Å². The molecule has 236 valence electrons. The van der Waals surface area contributed by atoms with Gasteiger partial charge in [-0.2, -0.15) is 0 Å². The van der Waals surface area contributed by atoms with Crippen LogP contribution in [0.2, 0.25) is 0 Å². The SMILES string of the molecule is COc1ccccc1N(CCCC(=O)N(Cc1ccc(F)cc1)C(Cc1ccccc1)C(=O)NC1CCCCC1)S(C)(=O)=O. The number of hydrogen-bond acceptors (Lipinski definition) is 5. The normalized spacial score (nSPS) is 14.4. The number of carbonyl (C=O) groups is 2. The number of nitrogens with one attached hydrogen (secondary N) is 1. The summed E-state index contributed by atoms with van der Waals surface area (Å²) in [5.74, 6) is -0.491. The molecule has 0 aliphatic heterocycles. The van der Waals surface area contributed by atoms with Crippen molar-refractivity contribution in [2.75, 3.05) is 24.2 Å². The Balaban J connectivity index is 1.59. The van der Waals surface area contributed by atoms with Gasteiger partial charge in [-0.3, -0.25) is 13.9 Å². The molecule has 0 radical (unpaired) electrons. The molecule has 3 aromatic carbocycles. The van der Waals surface area contributed by atoms with Crippen LogP contribution in [0.3, 0.4) is 0 Å². The van der Waals surface area contributed by atoms with E-state index < -0.39 is 16.1 Å². The van der Waals surface area contributed by atoms with Crippen LogP contribution in [-0.4, -0.2) is 57.1 Å². The largest absolute Gasteiger partial charge is 0.495 e. The van der Waals surface area contributed by atoms with Gasteiger partial charge in [0, 0.05) is 32.0 Å². The molecule has 1 saturated carbocycles. The second-order valence-corrected chi connectivity index (χ2v) is 13.2. The van der Waals surface area contributed by atoms with Gasteiger partial charge in [-0.25, -0.2) is 12.8 Å². The molecule has 0 saturated heterocycles. The number of halogens is 1. The minimum Gasteiger partial charge on any atom is -0.495 e. The Hall–Kier alpha value is -3.92. The third kappa shape index (κ3) is 9.29. The fourth-order valence-electron chi connectivity index (χ4n) is 5.70. The summed E-state index contributed by atoms with van der Waals surface area (Å²) >= 11 is 0. The maximum atomic E-state index is 14.0. The molecule has 3 aromatic rings. The molecule has 1 aliphatic carbocycles. The van der Waals surface area contributed by atoms with Crippen molar-refractivity contribution < 1.29 is 27.1 Å². The number of rotatable bonds is 14. The highest BCUT2D eigenvalue weighted by Gasteiger charge is 2.32. The Morgan fingerprint density at radius 3 is 2.25 bits per heavy atom. The lowest BCUT2D eigenvalue weighted by Gasteiger charge is -2.34. The minimum absolute atomic E-state index is 0.00433. The van der Waals surface area contributed by atoms with Gasteiger partial charge >= 0.3 is 0 Å². The number of sulfonamides is 1. The molecule has 0 aromatic heterocycles. The van der Waals surface area contributed by atoms with Crippen molar-refractivity contribution in [3.63, 3.8) is 0 Å².